The fourth-order valence-electron chi connectivity index (χ4n) is 2.04. The monoisotopic (exact) mass is 282 g/mol. The van der Waals surface area contributed by atoms with Gasteiger partial charge in [0, 0.05) is 23.0 Å². The quantitative estimate of drug-likeness (QED) is 0.904. The maximum absolute atomic E-state index is 13.5. The molecule has 5 heteroatoms. The Morgan fingerprint density at radius 1 is 1.26 bits per heavy atom. The van der Waals surface area contributed by atoms with Crippen molar-refractivity contribution in [2.45, 2.75) is 32.4 Å². The molecule has 0 aliphatic carbocycles. The molecule has 2 atom stereocenters. The van der Waals surface area contributed by atoms with Crippen molar-refractivity contribution in [1.29, 1.82) is 0 Å². The molecule has 102 valence electrons. The summed E-state index contributed by atoms with van der Waals surface area (Å²) in [6, 6.07) is 3.98. The summed E-state index contributed by atoms with van der Waals surface area (Å²) in [7, 11) is 0. The van der Waals surface area contributed by atoms with Crippen LogP contribution in [-0.2, 0) is 6.42 Å². The third-order valence-electron chi connectivity index (χ3n) is 3.00. The molecule has 1 N–H and O–H groups in total. The lowest BCUT2D eigenvalue weighted by Crippen LogP contribution is -2.31. The van der Waals surface area contributed by atoms with Gasteiger partial charge >= 0.3 is 0 Å². The molecule has 0 aliphatic heterocycles. The average Bonchev–Trinajstić information content (AvgIpc) is 2.88. The molecule has 0 saturated carbocycles. The van der Waals surface area contributed by atoms with Gasteiger partial charge < -0.3 is 5.32 Å². The Hall–Kier alpha value is -1.33. The number of nitrogens with one attached hydrogen (secondary N) is 1. The van der Waals surface area contributed by atoms with E-state index in [0.29, 0.717) is 6.42 Å². The van der Waals surface area contributed by atoms with Crippen LogP contribution in [0.3, 0.4) is 0 Å². The minimum absolute atomic E-state index is 0.0388. The number of hydrogen-bond donors (Lipinski definition) is 1. The fourth-order valence-corrected chi connectivity index (χ4v) is 2.69. The summed E-state index contributed by atoms with van der Waals surface area (Å²) >= 11 is 1.53. The van der Waals surface area contributed by atoms with Gasteiger partial charge in [0.2, 0.25) is 0 Å². The number of aromatic nitrogens is 1. The molecule has 2 rings (SSSR count). The minimum Gasteiger partial charge on any atom is -0.306 e. The summed E-state index contributed by atoms with van der Waals surface area (Å²) in [5.74, 6) is -0.982. The van der Waals surface area contributed by atoms with Crippen LogP contribution in [-0.4, -0.2) is 11.0 Å². The fraction of sp³-hybridized carbons (Fsp3) is 0.357. The van der Waals surface area contributed by atoms with Crippen LogP contribution < -0.4 is 5.32 Å². The summed E-state index contributed by atoms with van der Waals surface area (Å²) < 4.78 is 27.1. The number of rotatable bonds is 5. The highest BCUT2D eigenvalue weighted by molar-refractivity contribution is 7.07. The van der Waals surface area contributed by atoms with Crippen molar-refractivity contribution in [1.82, 2.24) is 10.3 Å². The van der Waals surface area contributed by atoms with Gasteiger partial charge in [0.25, 0.3) is 0 Å². The summed E-state index contributed by atoms with van der Waals surface area (Å²) in [6.45, 7) is 3.90. The zero-order valence-electron chi connectivity index (χ0n) is 10.9. The summed E-state index contributed by atoms with van der Waals surface area (Å²) in [5, 5.41) is 5.26. The van der Waals surface area contributed by atoms with Crippen molar-refractivity contribution in [3.63, 3.8) is 0 Å². The first kappa shape index (κ1) is 14.1. The smallest absolute Gasteiger partial charge is 0.129 e. The van der Waals surface area contributed by atoms with Crippen molar-refractivity contribution < 1.29 is 8.78 Å². The zero-order chi connectivity index (χ0) is 13.8. The predicted octanol–water partition coefficient (Wildman–Crippen LogP) is 3.70. The first-order valence-electron chi connectivity index (χ1n) is 6.15. The molecule has 1 aromatic carbocycles. The maximum Gasteiger partial charge on any atom is 0.129 e. The lowest BCUT2D eigenvalue weighted by molar-refractivity contribution is 0.453. The second-order valence-electron chi connectivity index (χ2n) is 4.61. The van der Waals surface area contributed by atoms with E-state index in [-0.39, 0.29) is 17.6 Å². The lowest BCUT2D eigenvalue weighted by Gasteiger charge is -2.19. The van der Waals surface area contributed by atoms with Crippen LogP contribution >= 0.6 is 11.3 Å². The van der Waals surface area contributed by atoms with Gasteiger partial charge in [-0.2, -0.15) is 0 Å². The van der Waals surface area contributed by atoms with Crippen LogP contribution in [0, 0.1) is 11.6 Å². The Morgan fingerprint density at radius 2 is 1.95 bits per heavy atom. The maximum atomic E-state index is 13.5. The van der Waals surface area contributed by atoms with Gasteiger partial charge in [0.15, 0.2) is 0 Å². The number of thiazole rings is 1. The van der Waals surface area contributed by atoms with E-state index in [2.05, 4.69) is 10.3 Å². The van der Waals surface area contributed by atoms with Crippen molar-refractivity contribution in [2.24, 2.45) is 0 Å². The molecule has 0 amide bonds. The summed E-state index contributed by atoms with van der Waals surface area (Å²) in [5.41, 5.74) is 2.85. The molecule has 0 spiro atoms. The van der Waals surface area contributed by atoms with Gasteiger partial charge in [-0.25, -0.2) is 13.8 Å². The van der Waals surface area contributed by atoms with Gasteiger partial charge in [-0.3, -0.25) is 0 Å². The summed E-state index contributed by atoms with van der Waals surface area (Å²) in [4.78, 5) is 4.22. The Kier molecular flexibility index (Phi) is 4.61. The van der Waals surface area contributed by atoms with E-state index in [0.717, 1.165) is 5.69 Å². The van der Waals surface area contributed by atoms with Crippen LogP contribution in [0.4, 0.5) is 8.78 Å². The largest absolute Gasteiger partial charge is 0.306 e. The predicted molar refractivity (Wildman–Crippen MR) is 73.2 cm³/mol. The molecule has 0 radical (unpaired) electrons. The SMILES string of the molecule is CC(Cc1c(F)cccc1F)NC(C)c1cscn1. The standard InChI is InChI=1S/C14H16F2N2S/c1-9(18-10(2)14-7-19-8-17-14)6-11-12(15)4-3-5-13(11)16/h3-5,7-10,18H,6H2,1-2H3. The Morgan fingerprint density at radius 3 is 2.53 bits per heavy atom. The average molecular weight is 282 g/mol. The molecule has 2 nitrogen and oxygen atoms in total. The number of nitrogens with zero attached hydrogens (tertiary/aromatic N) is 1. The number of halogens is 2. The summed E-state index contributed by atoms with van der Waals surface area (Å²) in [6.07, 6.45) is 0.312. The molecule has 19 heavy (non-hydrogen) atoms. The first-order chi connectivity index (χ1) is 9.08. The number of hydrogen-bond acceptors (Lipinski definition) is 3. The van der Waals surface area contributed by atoms with Crippen LogP contribution in [0.25, 0.3) is 0 Å². The van der Waals surface area contributed by atoms with Crippen LogP contribution in [0.5, 0.6) is 0 Å². The first-order valence-corrected chi connectivity index (χ1v) is 7.09. The molecule has 0 bridgehead atoms. The second-order valence-corrected chi connectivity index (χ2v) is 5.33. The molecular formula is C14H16F2N2S. The van der Waals surface area contributed by atoms with Crippen molar-refractivity contribution in [3.8, 4) is 0 Å². The van der Waals surface area contributed by atoms with E-state index in [9.17, 15) is 8.78 Å². The topological polar surface area (TPSA) is 24.9 Å². The molecule has 2 unspecified atom stereocenters. The normalized spacial score (nSPS) is 14.3. The van der Waals surface area contributed by atoms with E-state index in [4.69, 9.17) is 0 Å². The Balaban J connectivity index is 2.00. The van der Waals surface area contributed by atoms with E-state index in [1.165, 1.54) is 29.5 Å². The Bertz CT molecular complexity index is 508. The van der Waals surface area contributed by atoms with Gasteiger partial charge in [0.1, 0.15) is 11.6 Å². The van der Waals surface area contributed by atoms with Crippen molar-refractivity contribution >= 4 is 11.3 Å². The highest BCUT2D eigenvalue weighted by Crippen LogP contribution is 2.17. The van der Waals surface area contributed by atoms with Crippen LogP contribution in [0.2, 0.25) is 0 Å². The molecule has 1 aromatic heterocycles. The third kappa shape index (κ3) is 3.58. The second kappa shape index (κ2) is 6.21. The van der Waals surface area contributed by atoms with Gasteiger partial charge in [0.05, 0.1) is 11.2 Å². The van der Waals surface area contributed by atoms with Crippen LogP contribution in [0.1, 0.15) is 31.1 Å². The lowest BCUT2D eigenvalue weighted by atomic mass is 10.0. The van der Waals surface area contributed by atoms with E-state index in [1.807, 2.05) is 19.2 Å². The van der Waals surface area contributed by atoms with Gasteiger partial charge in [-0.1, -0.05) is 6.07 Å². The zero-order valence-corrected chi connectivity index (χ0v) is 11.7. The minimum atomic E-state index is -0.491. The molecule has 1 heterocycles. The van der Waals surface area contributed by atoms with Gasteiger partial charge in [-0.05, 0) is 32.4 Å². The van der Waals surface area contributed by atoms with Crippen molar-refractivity contribution in [3.05, 3.63) is 52.0 Å². The van der Waals surface area contributed by atoms with E-state index in [1.54, 1.807) is 5.51 Å². The molecule has 0 aliphatic rings. The highest BCUT2D eigenvalue weighted by Gasteiger charge is 2.15. The Labute approximate surface area is 115 Å². The van der Waals surface area contributed by atoms with E-state index < -0.39 is 11.6 Å². The third-order valence-corrected chi connectivity index (χ3v) is 3.61. The molecule has 2 aromatic rings. The number of benzene rings is 1. The van der Waals surface area contributed by atoms with Crippen molar-refractivity contribution in [2.75, 3.05) is 0 Å². The van der Waals surface area contributed by atoms with E-state index >= 15 is 0 Å². The molecule has 0 fully saturated rings. The molecular weight excluding hydrogens is 266 g/mol. The molecule has 0 saturated heterocycles. The highest BCUT2D eigenvalue weighted by atomic mass is 32.1. The van der Waals surface area contributed by atoms with Gasteiger partial charge in [-0.15, -0.1) is 11.3 Å². The van der Waals surface area contributed by atoms with Crippen LogP contribution in [0.15, 0.2) is 29.1 Å².